The van der Waals surface area contributed by atoms with Crippen molar-refractivity contribution >= 4 is 56.2 Å². The number of benzene rings is 3. The Morgan fingerprint density at radius 2 is 1.61 bits per heavy atom. The van der Waals surface area contributed by atoms with Gasteiger partial charge >= 0.3 is 6.03 Å². The molecule has 0 aliphatic carbocycles. The maximum absolute atomic E-state index is 12.3. The van der Waals surface area contributed by atoms with Gasteiger partial charge in [0.05, 0.1) is 32.4 Å². The number of nitrogens with zero attached hydrogens (tertiary/aromatic N) is 2. The van der Waals surface area contributed by atoms with Gasteiger partial charge in [0.15, 0.2) is 0 Å². The third-order valence-corrected chi connectivity index (χ3v) is 7.52. The summed E-state index contributed by atoms with van der Waals surface area (Å²) in [6.45, 7) is 3.80. The zero-order valence-corrected chi connectivity index (χ0v) is 21.7. The topological polar surface area (TPSA) is 110 Å². The number of sulfonamides is 1. The van der Waals surface area contributed by atoms with Crippen LogP contribution in [0.25, 0.3) is 16.7 Å². The van der Waals surface area contributed by atoms with Crippen LogP contribution >= 0.6 is 23.2 Å². The van der Waals surface area contributed by atoms with Crippen LogP contribution in [0.3, 0.4) is 0 Å². The Labute approximate surface area is 218 Å². The second-order valence-corrected chi connectivity index (χ2v) is 10.6. The summed E-state index contributed by atoms with van der Waals surface area (Å²) in [5.41, 5.74) is 3.85. The molecule has 0 aliphatic heterocycles. The number of nitrogens with one attached hydrogen (secondary N) is 2. The molecule has 0 fully saturated rings. The smallest absolute Gasteiger partial charge is 0.296 e. The van der Waals surface area contributed by atoms with Crippen molar-refractivity contribution in [1.29, 1.82) is 0 Å². The first kappa shape index (κ1) is 25.7. The van der Waals surface area contributed by atoms with Gasteiger partial charge in [-0.1, -0.05) is 60.0 Å². The summed E-state index contributed by atoms with van der Waals surface area (Å²) < 4.78 is 28.5. The van der Waals surface area contributed by atoms with Crippen molar-refractivity contribution in [2.24, 2.45) is 0 Å². The number of aromatic nitrogens is 2. The van der Waals surface area contributed by atoms with Gasteiger partial charge in [-0.3, -0.25) is 14.7 Å². The molecule has 0 radical (unpaired) electrons. The third kappa shape index (κ3) is 5.53. The van der Waals surface area contributed by atoms with Gasteiger partial charge in [0.2, 0.25) is 5.91 Å². The van der Waals surface area contributed by atoms with Gasteiger partial charge in [-0.2, -0.15) is 0 Å². The highest BCUT2D eigenvalue weighted by Crippen LogP contribution is 2.30. The Morgan fingerprint density at radius 1 is 0.972 bits per heavy atom. The zero-order valence-electron chi connectivity index (χ0n) is 19.4. The predicted octanol–water partition coefficient (Wildman–Crippen LogP) is 4.96. The van der Waals surface area contributed by atoms with Crippen molar-refractivity contribution in [2.45, 2.75) is 31.6 Å². The first-order valence-electron chi connectivity index (χ1n) is 11.0. The molecule has 4 aromatic rings. The standard InChI is InChI=1S/C25H22Cl2N4O4S/c1-3-23-28-21-13-19(26)20(27)14-22(21)31(23)17-8-6-16(7-9-17)12-24(32)29-25(33)30-36(34,35)18-10-4-15(2)5-11-18/h4-11,13-14H,3,12H2,1-2H3,(H2,29,30,32,33). The fourth-order valence-corrected chi connectivity index (χ4v) is 4.91. The molecule has 0 spiro atoms. The quantitative estimate of drug-likeness (QED) is 0.356. The van der Waals surface area contributed by atoms with Gasteiger partial charge in [0, 0.05) is 12.1 Å². The van der Waals surface area contributed by atoms with Crippen LogP contribution < -0.4 is 10.0 Å². The molecule has 186 valence electrons. The van der Waals surface area contributed by atoms with Gasteiger partial charge in [-0.05, 0) is 48.9 Å². The average Bonchev–Trinajstić information content (AvgIpc) is 3.16. The molecule has 2 N–H and O–H groups in total. The Hall–Kier alpha value is -3.40. The molecule has 1 aromatic heterocycles. The molecule has 0 bridgehead atoms. The van der Waals surface area contributed by atoms with E-state index in [9.17, 15) is 18.0 Å². The molecule has 36 heavy (non-hydrogen) atoms. The van der Waals surface area contributed by atoms with E-state index in [1.165, 1.54) is 12.1 Å². The minimum atomic E-state index is -4.10. The van der Waals surface area contributed by atoms with Crippen molar-refractivity contribution in [3.63, 3.8) is 0 Å². The van der Waals surface area contributed by atoms with Gasteiger partial charge in [0.25, 0.3) is 10.0 Å². The van der Waals surface area contributed by atoms with Crippen molar-refractivity contribution in [1.82, 2.24) is 19.6 Å². The Morgan fingerprint density at radius 3 is 2.25 bits per heavy atom. The van der Waals surface area contributed by atoms with Gasteiger partial charge in [-0.25, -0.2) is 22.9 Å². The highest BCUT2D eigenvalue weighted by Gasteiger charge is 2.19. The first-order chi connectivity index (χ1) is 17.1. The second kappa shape index (κ2) is 10.3. The molecule has 8 nitrogen and oxygen atoms in total. The molecule has 0 saturated carbocycles. The fraction of sp³-hybridized carbons (Fsp3) is 0.160. The van der Waals surface area contributed by atoms with Crippen LogP contribution in [-0.2, 0) is 27.7 Å². The first-order valence-corrected chi connectivity index (χ1v) is 13.2. The number of carbonyl (C=O) groups is 2. The number of halogens is 2. The van der Waals surface area contributed by atoms with Crippen LogP contribution in [0.15, 0.2) is 65.6 Å². The highest BCUT2D eigenvalue weighted by molar-refractivity contribution is 7.90. The minimum absolute atomic E-state index is 0.0756. The number of hydrogen-bond acceptors (Lipinski definition) is 5. The number of aryl methyl sites for hydroxylation is 2. The normalized spacial score (nSPS) is 11.4. The maximum Gasteiger partial charge on any atom is 0.335 e. The summed E-state index contributed by atoms with van der Waals surface area (Å²) in [6, 6.07) is 15.5. The molecule has 0 aliphatic rings. The zero-order chi connectivity index (χ0) is 26.0. The lowest BCUT2D eigenvalue weighted by Gasteiger charge is -2.10. The molecule has 4 rings (SSSR count). The van der Waals surface area contributed by atoms with E-state index >= 15 is 0 Å². The summed E-state index contributed by atoms with van der Waals surface area (Å²) in [5.74, 6) is 0.170. The van der Waals surface area contributed by atoms with E-state index in [2.05, 4.69) is 10.3 Å². The minimum Gasteiger partial charge on any atom is -0.296 e. The lowest BCUT2D eigenvalue weighted by Crippen LogP contribution is -2.42. The van der Waals surface area contributed by atoms with Crippen LogP contribution in [0.4, 0.5) is 4.79 Å². The number of hydrogen-bond donors (Lipinski definition) is 2. The van der Waals surface area contributed by atoms with E-state index in [0.29, 0.717) is 22.0 Å². The SMILES string of the molecule is CCc1nc2cc(Cl)c(Cl)cc2n1-c1ccc(CC(=O)NC(=O)NS(=O)(=O)c2ccc(C)cc2)cc1. The monoisotopic (exact) mass is 544 g/mol. The summed E-state index contributed by atoms with van der Waals surface area (Å²) in [4.78, 5) is 29.0. The summed E-state index contributed by atoms with van der Waals surface area (Å²) >= 11 is 12.4. The Kier molecular flexibility index (Phi) is 7.35. The summed E-state index contributed by atoms with van der Waals surface area (Å²) in [7, 11) is -4.10. The number of rotatable bonds is 6. The average molecular weight is 545 g/mol. The lowest BCUT2D eigenvalue weighted by atomic mass is 10.1. The van der Waals surface area contributed by atoms with Crippen molar-refractivity contribution in [3.8, 4) is 5.69 Å². The van der Waals surface area contributed by atoms with E-state index in [-0.39, 0.29) is 11.3 Å². The molecule has 3 amide bonds. The number of imide groups is 1. The maximum atomic E-state index is 12.3. The number of carbonyl (C=O) groups excluding carboxylic acids is 2. The third-order valence-electron chi connectivity index (χ3n) is 5.45. The molecule has 3 aromatic carbocycles. The molecule has 11 heteroatoms. The number of amides is 3. The summed E-state index contributed by atoms with van der Waals surface area (Å²) in [5, 5.41) is 2.90. The van der Waals surface area contributed by atoms with E-state index in [4.69, 9.17) is 23.2 Å². The fourth-order valence-electron chi connectivity index (χ4n) is 3.69. The van der Waals surface area contributed by atoms with Gasteiger partial charge < -0.3 is 0 Å². The van der Waals surface area contributed by atoms with E-state index in [0.717, 1.165) is 28.1 Å². The van der Waals surface area contributed by atoms with E-state index < -0.39 is 22.0 Å². The molecule has 0 atom stereocenters. The van der Waals surface area contributed by atoms with Gasteiger partial charge in [0.1, 0.15) is 5.82 Å². The largest absolute Gasteiger partial charge is 0.335 e. The lowest BCUT2D eigenvalue weighted by molar-refractivity contribution is -0.119. The molecule has 0 saturated heterocycles. The molecule has 0 unspecified atom stereocenters. The van der Waals surface area contributed by atoms with Crippen molar-refractivity contribution in [3.05, 3.63) is 87.7 Å². The Bertz CT molecular complexity index is 1560. The molecular formula is C25H22Cl2N4O4S. The van der Waals surface area contributed by atoms with Gasteiger partial charge in [-0.15, -0.1) is 0 Å². The van der Waals surface area contributed by atoms with Crippen LogP contribution in [0.5, 0.6) is 0 Å². The van der Waals surface area contributed by atoms with E-state index in [1.807, 2.05) is 35.3 Å². The summed E-state index contributed by atoms with van der Waals surface area (Å²) in [6.07, 6.45) is 0.555. The predicted molar refractivity (Wildman–Crippen MR) is 139 cm³/mol. The van der Waals surface area contributed by atoms with Crippen molar-refractivity contribution < 1.29 is 18.0 Å². The van der Waals surface area contributed by atoms with Crippen LogP contribution in [0.2, 0.25) is 10.0 Å². The van der Waals surface area contributed by atoms with E-state index in [1.54, 1.807) is 36.4 Å². The second-order valence-electron chi connectivity index (χ2n) is 8.11. The highest BCUT2D eigenvalue weighted by atomic mass is 35.5. The number of urea groups is 1. The molecule has 1 heterocycles. The van der Waals surface area contributed by atoms with Crippen molar-refractivity contribution in [2.75, 3.05) is 0 Å². The number of imidazole rings is 1. The van der Waals surface area contributed by atoms with Crippen LogP contribution in [0, 0.1) is 6.92 Å². The van der Waals surface area contributed by atoms with Crippen LogP contribution in [0.1, 0.15) is 23.9 Å². The number of fused-ring (bicyclic) bond motifs is 1. The van der Waals surface area contributed by atoms with Crippen LogP contribution in [-0.4, -0.2) is 29.9 Å². The molecular weight excluding hydrogens is 523 g/mol. The Balaban J connectivity index is 1.45.